The molecule has 126 valence electrons. The summed E-state index contributed by atoms with van der Waals surface area (Å²) in [6.07, 6.45) is -0.317. The van der Waals surface area contributed by atoms with Crippen LogP contribution in [0.1, 0.15) is 17.2 Å². The number of hydrogen-bond donors (Lipinski definition) is 1. The lowest BCUT2D eigenvalue weighted by Gasteiger charge is -2.27. The van der Waals surface area contributed by atoms with E-state index in [2.05, 4.69) is 22.3 Å². The Bertz CT molecular complexity index is 1070. The summed E-state index contributed by atoms with van der Waals surface area (Å²) in [5.41, 5.74) is 5.88. The van der Waals surface area contributed by atoms with E-state index in [-0.39, 0.29) is 6.10 Å². The quantitative estimate of drug-likeness (QED) is 0.486. The molecule has 1 aliphatic heterocycles. The van der Waals surface area contributed by atoms with Crippen molar-refractivity contribution in [3.8, 4) is 28.3 Å². The number of aromatic nitrogens is 2. The Hall–Kier alpha value is -3.04. The molecule has 4 aromatic rings. The Morgan fingerprint density at radius 1 is 0.846 bits per heavy atom. The van der Waals surface area contributed by atoms with Crippen molar-refractivity contribution in [1.29, 1.82) is 0 Å². The van der Waals surface area contributed by atoms with Gasteiger partial charge in [-0.15, -0.1) is 0 Å². The van der Waals surface area contributed by atoms with Crippen LogP contribution in [0.2, 0.25) is 5.02 Å². The van der Waals surface area contributed by atoms with Crippen LogP contribution in [0.4, 0.5) is 0 Å². The third-order valence-electron chi connectivity index (χ3n) is 4.70. The van der Waals surface area contributed by atoms with E-state index in [9.17, 15) is 0 Å². The van der Waals surface area contributed by atoms with Gasteiger partial charge in [-0.05, 0) is 18.2 Å². The van der Waals surface area contributed by atoms with Crippen LogP contribution >= 0.6 is 11.6 Å². The predicted molar refractivity (Wildman–Crippen MR) is 103 cm³/mol. The second-order valence-electron chi connectivity index (χ2n) is 6.24. The fraction of sp³-hybridized carbons (Fsp3) is 0.0455. The zero-order valence-electron chi connectivity index (χ0n) is 13.8. The lowest BCUT2D eigenvalue weighted by Crippen LogP contribution is -2.15. The summed E-state index contributed by atoms with van der Waals surface area (Å²) in [5, 5.41) is 8.53. The Kier molecular flexibility index (Phi) is 3.54. The van der Waals surface area contributed by atoms with Gasteiger partial charge in [0.25, 0.3) is 0 Å². The second kappa shape index (κ2) is 6.04. The molecule has 1 N–H and O–H groups in total. The van der Waals surface area contributed by atoms with Crippen molar-refractivity contribution < 1.29 is 4.74 Å². The Morgan fingerprint density at radius 3 is 2.42 bits per heavy atom. The zero-order valence-corrected chi connectivity index (χ0v) is 14.6. The van der Waals surface area contributed by atoms with Gasteiger partial charge in [-0.3, -0.25) is 5.10 Å². The second-order valence-corrected chi connectivity index (χ2v) is 6.65. The summed E-state index contributed by atoms with van der Waals surface area (Å²) in [7, 11) is 0. The molecule has 0 saturated heterocycles. The van der Waals surface area contributed by atoms with Gasteiger partial charge in [-0.1, -0.05) is 72.3 Å². The van der Waals surface area contributed by atoms with Gasteiger partial charge in [0.05, 0.1) is 17.0 Å². The van der Waals surface area contributed by atoms with Gasteiger partial charge in [-0.25, -0.2) is 0 Å². The maximum Gasteiger partial charge on any atom is 0.155 e. The third kappa shape index (κ3) is 2.32. The molecule has 1 unspecified atom stereocenters. The molecule has 0 aliphatic carbocycles. The lowest BCUT2D eigenvalue weighted by molar-refractivity contribution is 0.244. The average Bonchev–Trinajstić information content (AvgIpc) is 3.14. The standard InChI is InChI=1S/C22H15ClN2O/c23-17-12-6-4-10-15(17)22-19-20(14-8-2-1-3-9-14)24-25-21(19)16-11-5-7-13-18(16)26-22/h1-13,22H,(H,24,25). The maximum atomic E-state index is 6.51. The van der Waals surface area contributed by atoms with E-state index in [1.165, 1.54) is 0 Å². The first-order chi connectivity index (χ1) is 12.8. The minimum absolute atomic E-state index is 0.317. The van der Waals surface area contributed by atoms with Crippen LogP contribution in [0.5, 0.6) is 5.75 Å². The summed E-state index contributed by atoms with van der Waals surface area (Å²) in [6, 6.07) is 25.9. The predicted octanol–water partition coefficient (Wildman–Crippen LogP) is 5.88. The number of fused-ring (bicyclic) bond motifs is 3. The number of hydrogen-bond acceptors (Lipinski definition) is 2. The molecule has 3 aromatic carbocycles. The molecular formula is C22H15ClN2O. The molecule has 0 amide bonds. The minimum atomic E-state index is -0.317. The van der Waals surface area contributed by atoms with Gasteiger partial charge in [0.2, 0.25) is 0 Å². The molecule has 1 aliphatic rings. The number of H-pyrrole nitrogens is 1. The van der Waals surface area contributed by atoms with Crippen molar-refractivity contribution in [2.75, 3.05) is 0 Å². The van der Waals surface area contributed by atoms with E-state index < -0.39 is 0 Å². The number of para-hydroxylation sites is 1. The van der Waals surface area contributed by atoms with Crippen LogP contribution in [0.25, 0.3) is 22.5 Å². The highest BCUT2D eigenvalue weighted by Crippen LogP contribution is 2.48. The Labute approximate surface area is 156 Å². The fourth-order valence-corrected chi connectivity index (χ4v) is 3.73. The molecule has 0 radical (unpaired) electrons. The number of benzene rings is 3. The van der Waals surface area contributed by atoms with Crippen LogP contribution in [0.15, 0.2) is 78.9 Å². The minimum Gasteiger partial charge on any atom is -0.480 e. The summed E-state index contributed by atoms with van der Waals surface area (Å²) < 4.78 is 6.40. The van der Waals surface area contributed by atoms with Crippen LogP contribution in [0, 0.1) is 0 Å². The number of nitrogens with one attached hydrogen (secondary N) is 1. The molecule has 0 spiro atoms. The van der Waals surface area contributed by atoms with Crippen LogP contribution in [0.3, 0.4) is 0 Å². The summed E-state index contributed by atoms with van der Waals surface area (Å²) in [6.45, 7) is 0. The van der Waals surface area contributed by atoms with E-state index >= 15 is 0 Å². The van der Waals surface area contributed by atoms with Gasteiger partial charge < -0.3 is 4.74 Å². The molecule has 1 aromatic heterocycles. The van der Waals surface area contributed by atoms with Crippen LogP contribution in [-0.2, 0) is 0 Å². The Morgan fingerprint density at radius 2 is 1.58 bits per heavy atom. The number of aromatic amines is 1. The van der Waals surface area contributed by atoms with E-state index in [4.69, 9.17) is 16.3 Å². The van der Waals surface area contributed by atoms with Crippen LogP contribution < -0.4 is 4.74 Å². The van der Waals surface area contributed by atoms with E-state index in [0.717, 1.165) is 39.4 Å². The van der Waals surface area contributed by atoms with Gasteiger partial charge in [0.1, 0.15) is 5.75 Å². The SMILES string of the molecule is Clc1ccccc1C1Oc2ccccc2-c2[nH]nc(-c3ccccc3)c21. The van der Waals surface area contributed by atoms with E-state index in [1.807, 2.05) is 66.7 Å². The molecular weight excluding hydrogens is 344 g/mol. The smallest absolute Gasteiger partial charge is 0.155 e. The summed E-state index contributed by atoms with van der Waals surface area (Å²) in [5.74, 6) is 0.827. The molecule has 0 fully saturated rings. The summed E-state index contributed by atoms with van der Waals surface area (Å²) in [4.78, 5) is 0. The molecule has 26 heavy (non-hydrogen) atoms. The first-order valence-electron chi connectivity index (χ1n) is 8.47. The van der Waals surface area contributed by atoms with Gasteiger partial charge in [-0.2, -0.15) is 5.10 Å². The van der Waals surface area contributed by atoms with Crippen molar-refractivity contribution in [3.05, 3.63) is 95.0 Å². The normalized spacial score (nSPS) is 15.0. The molecule has 5 rings (SSSR count). The van der Waals surface area contributed by atoms with Crippen molar-refractivity contribution >= 4 is 11.6 Å². The first-order valence-corrected chi connectivity index (χ1v) is 8.85. The molecule has 4 heteroatoms. The maximum absolute atomic E-state index is 6.51. The van der Waals surface area contributed by atoms with Crippen LogP contribution in [-0.4, -0.2) is 10.2 Å². The van der Waals surface area contributed by atoms with E-state index in [0.29, 0.717) is 5.02 Å². The average molecular weight is 359 g/mol. The first kappa shape index (κ1) is 15.2. The van der Waals surface area contributed by atoms with Gasteiger partial charge in [0.15, 0.2) is 6.10 Å². The summed E-state index contributed by atoms with van der Waals surface area (Å²) >= 11 is 6.51. The highest BCUT2D eigenvalue weighted by molar-refractivity contribution is 6.31. The Balaban J connectivity index is 1.78. The number of ether oxygens (including phenoxy) is 1. The monoisotopic (exact) mass is 358 g/mol. The van der Waals surface area contributed by atoms with E-state index in [1.54, 1.807) is 0 Å². The molecule has 2 heterocycles. The molecule has 1 atom stereocenters. The molecule has 3 nitrogen and oxygen atoms in total. The van der Waals surface area contributed by atoms with Crippen molar-refractivity contribution in [2.45, 2.75) is 6.10 Å². The number of rotatable bonds is 2. The largest absolute Gasteiger partial charge is 0.480 e. The third-order valence-corrected chi connectivity index (χ3v) is 5.05. The number of halogens is 1. The van der Waals surface area contributed by atoms with Crippen molar-refractivity contribution in [2.24, 2.45) is 0 Å². The fourth-order valence-electron chi connectivity index (χ4n) is 3.50. The van der Waals surface area contributed by atoms with Crippen molar-refractivity contribution in [3.63, 3.8) is 0 Å². The lowest BCUT2D eigenvalue weighted by atomic mass is 9.91. The highest BCUT2D eigenvalue weighted by Gasteiger charge is 2.33. The van der Waals surface area contributed by atoms with Crippen molar-refractivity contribution in [1.82, 2.24) is 10.2 Å². The van der Waals surface area contributed by atoms with Gasteiger partial charge in [0, 0.05) is 21.7 Å². The number of nitrogens with zero attached hydrogens (tertiary/aromatic N) is 1. The molecule has 0 saturated carbocycles. The highest BCUT2D eigenvalue weighted by atomic mass is 35.5. The molecule has 0 bridgehead atoms. The topological polar surface area (TPSA) is 37.9 Å². The van der Waals surface area contributed by atoms with Gasteiger partial charge >= 0.3 is 0 Å². The zero-order chi connectivity index (χ0) is 17.5.